The molecule has 2 aromatic rings. The van der Waals surface area contributed by atoms with Crippen molar-refractivity contribution in [1.29, 1.82) is 0 Å². The fraction of sp³-hybridized carbons (Fsp3) is 0.581. The lowest BCUT2D eigenvalue weighted by molar-refractivity contribution is 0.0719. The molecule has 2 fully saturated rings. The van der Waals surface area contributed by atoms with E-state index in [-0.39, 0.29) is 11.9 Å². The van der Waals surface area contributed by atoms with Crippen molar-refractivity contribution < 1.29 is 4.79 Å². The van der Waals surface area contributed by atoms with E-state index >= 15 is 0 Å². The summed E-state index contributed by atoms with van der Waals surface area (Å²) in [5.74, 6) is 2.05. The molecule has 3 nitrogen and oxygen atoms in total. The van der Waals surface area contributed by atoms with Gasteiger partial charge in [0, 0.05) is 25.2 Å². The van der Waals surface area contributed by atoms with E-state index in [1.54, 1.807) is 0 Å². The Morgan fingerprint density at radius 2 is 1.65 bits per heavy atom. The van der Waals surface area contributed by atoms with Crippen LogP contribution in [0.2, 0.25) is 0 Å². The smallest absolute Gasteiger partial charge is 0.253 e. The van der Waals surface area contributed by atoms with Gasteiger partial charge >= 0.3 is 0 Å². The number of carbonyl (C=O) groups excluding carboxylic acids is 1. The molecule has 2 aliphatic carbocycles. The summed E-state index contributed by atoms with van der Waals surface area (Å²) in [5.41, 5.74) is 6.57. The van der Waals surface area contributed by atoms with Gasteiger partial charge in [0.2, 0.25) is 0 Å². The molecule has 1 heterocycles. The summed E-state index contributed by atoms with van der Waals surface area (Å²) in [7, 11) is 1.99. The number of aryl methyl sites for hydroxylation is 2. The molecule has 1 atom stereocenters. The third-order valence-electron chi connectivity index (χ3n) is 8.77. The fourth-order valence-corrected chi connectivity index (χ4v) is 5.99. The Balaban J connectivity index is 1.16. The minimum Gasteiger partial charge on any atom is -0.338 e. The van der Waals surface area contributed by atoms with Crippen LogP contribution in [0, 0.1) is 11.8 Å². The van der Waals surface area contributed by atoms with Crippen LogP contribution in [0.1, 0.15) is 84.5 Å². The molecule has 2 aromatic carbocycles. The zero-order valence-corrected chi connectivity index (χ0v) is 21.3. The van der Waals surface area contributed by atoms with Gasteiger partial charge in [0.05, 0.1) is 0 Å². The number of hydrogen-bond acceptors (Lipinski definition) is 2. The normalized spacial score (nSPS) is 21.3. The number of fused-ring (bicyclic) bond motifs is 1. The quantitative estimate of drug-likeness (QED) is 0.465. The number of amides is 1. The lowest BCUT2D eigenvalue weighted by Crippen LogP contribution is -2.40. The summed E-state index contributed by atoms with van der Waals surface area (Å²) in [4.78, 5) is 17.8. The molecule has 0 radical (unpaired) electrons. The van der Waals surface area contributed by atoms with Gasteiger partial charge in [0.1, 0.15) is 0 Å². The summed E-state index contributed by atoms with van der Waals surface area (Å²) in [6.07, 6.45) is 12.4. The average Bonchev–Trinajstić information content (AvgIpc) is 3.72. The Labute approximate surface area is 206 Å². The van der Waals surface area contributed by atoms with E-state index in [9.17, 15) is 4.79 Å². The Kier molecular flexibility index (Phi) is 7.39. The summed E-state index contributed by atoms with van der Waals surface area (Å²) in [5, 5.41) is 0. The van der Waals surface area contributed by atoms with Gasteiger partial charge in [0.15, 0.2) is 0 Å². The minimum atomic E-state index is 0.161. The lowest BCUT2D eigenvalue weighted by Gasteiger charge is -2.34. The molecule has 1 amide bonds. The first-order valence-electron chi connectivity index (χ1n) is 13.8. The van der Waals surface area contributed by atoms with Crippen LogP contribution in [0.4, 0.5) is 0 Å². The summed E-state index contributed by atoms with van der Waals surface area (Å²) in [6, 6.07) is 15.8. The summed E-state index contributed by atoms with van der Waals surface area (Å²) < 4.78 is 0. The van der Waals surface area contributed by atoms with Crippen LogP contribution in [0.3, 0.4) is 0 Å². The van der Waals surface area contributed by atoms with Gasteiger partial charge < -0.3 is 4.90 Å². The topological polar surface area (TPSA) is 23.6 Å². The first-order valence-corrected chi connectivity index (χ1v) is 13.8. The van der Waals surface area contributed by atoms with Crippen molar-refractivity contribution in [1.82, 2.24) is 9.80 Å². The monoisotopic (exact) mass is 458 g/mol. The predicted molar refractivity (Wildman–Crippen MR) is 140 cm³/mol. The Morgan fingerprint density at radius 3 is 2.35 bits per heavy atom. The van der Waals surface area contributed by atoms with Crippen LogP contribution >= 0.6 is 0 Å². The number of benzene rings is 2. The molecule has 182 valence electrons. The summed E-state index contributed by atoms with van der Waals surface area (Å²) in [6.45, 7) is 5.90. The van der Waals surface area contributed by atoms with Crippen LogP contribution in [-0.4, -0.2) is 41.9 Å². The van der Waals surface area contributed by atoms with Crippen molar-refractivity contribution in [3.8, 4) is 0 Å². The highest BCUT2D eigenvalue weighted by atomic mass is 16.2. The minimum absolute atomic E-state index is 0.161. The molecule has 0 bridgehead atoms. The number of nitrogens with zero attached hydrogens (tertiary/aromatic N) is 2. The van der Waals surface area contributed by atoms with Gasteiger partial charge in [-0.05, 0) is 104 Å². The maximum Gasteiger partial charge on any atom is 0.253 e. The van der Waals surface area contributed by atoms with Gasteiger partial charge in [-0.2, -0.15) is 0 Å². The van der Waals surface area contributed by atoms with Crippen LogP contribution in [0.25, 0.3) is 0 Å². The van der Waals surface area contributed by atoms with E-state index in [4.69, 9.17) is 0 Å². The molecule has 0 N–H and O–H groups in total. The highest BCUT2D eigenvalue weighted by Crippen LogP contribution is 2.33. The first kappa shape index (κ1) is 23.6. The molecule has 3 heteroatoms. The number of likely N-dealkylation sites (N-methyl/N-ethyl adjacent to an activating group) is 1. The van der Waals surface area contributed by atoms with Crippen molar-refractivity contribution in [3.63, 3.8) is 0 Å². The maximum absolute atomic E-state index is 13.2. The van der Waals surface area contributed by atoms with E-state index in [1.165, 1.54) is 73.9 Å². The van der Waals surface area contributed by atoms with Crippen LogP contribution in [0.15, 0.2) is 42.5 Å². The number of rotatable bonds is 8. The van der Waals surface area contributed by atoms with E-state index in [0.29, 0.717) is 0 Å². The second kappa shape index (κ2) is 10.6. The first-order chi connectivity index (χ1) is 16.6. The molecular weight excluding hydrogens is 416 g/mol. The maximum atomic E-state index is 13.2. The number of likely N-dealkylation sites (tertiary alicyclic amines) is 1. The number of piperidine rings is 1. The van der Waals surface area contributed by atoms with Crippen LogP contribution in [0.5, 0.6) is 0 Å². The molecule has 0 spiro atoms. The molecule has 5 rings (SSSR count). The zero-order valence-electron chi connectivity index (χ0n) is 21.3. The second-order valence-corrected chi connectivity index (χ2v) is 11.2. The molecular formula is C31H42N2O. The third-order valence-corrected chi connectivity index (χ3v) is 8.77. The van der Waals surface area contributed by atoms with Crippen molar-refractivity contribution in [2.75, 3.05) is 20.1 Å². The van der Waals surface area contributed by atoms with Crippen molar-refractivity contribution in [2.45, 2.75) is 83.7 Å². The largest absolute Gasteiger partial charge is 0.338 e. The molecule has 1 saturated carbocycles. The fourth-order valence-electron chi connectivity index (χ4n) is 5.99. The highest BCUT2D eigenvalue weighted by molar-refractivity contribution is 5.94. The number of carbonyl (C=O) groups is 1. The Morgan fingerprint density at radius 1 is 0.912 bits per heavy atom. The van der Waals surface area contributed by atoms with Gasteiger partial charge in [-0.1, -0.05) is 56.5 Å². The Hall–Kier alpha value is -2.13. The Bertz CT molecular complexity index is 969. The summed E-state index contributed by atoms with van der Waals surface area (Å²) >= 11 is 0. The molecule has 0 unspecified atom stereocenters. The van der Waals surface area contributed by atoms with Crippen molar-refractivity contribution in [3.05, 3.63) is 70.3 Å². The predicted octanol–water partition coefficient (Wildman–Crippen LogP) is 6.28. The highest BCUT2D eigenvalue weighted by Gasteiger charge is 2.26. The molecule has 0 aromatic heterocycles. The van der Waals surface area contributed by atoms with E-state index in [0.717, 1.165) is 49.6 Å². The van der Waals surface area contributed by atoms with Crippen molar-refractivity contribution >= 4 is 5.91 Å². The van der Waals surface area contributed by atoms with Gasteiger partial charge in [-0.25, -0.2) is 0 Å². The average molecular weight is 459 g/mol. The van der Waals surface area contributed by atoms with Crippen molar-refractivity contribution in [2.24, 2.45) is 11.8 Å². The van der Waals surface area contributed by atoms with Crippen LogP contribution < -0.4 is 0 Å². The SMILES string of the molecule is CCC1CCN(Cc2ccc3c(c2)CC[C@H](N(C)C(=O)c2ccc(CCC4CC4)cc2)C3)CC1. The van der Waals surface area contributed by atoms with E-state index in [2.05, 4.69) is 42.2 Å². The standard InChI is InChI=1S/C31H42N2O/c1-3-23-16-18-33(19-17-23)22-26-10-13-29-21-30(15-14-28(29)20-26)32(2)31(34)27-11-8-25(9-12-27)7-6-24-4-5-24/h8-13,20,23-24,30H,3-7,14-19,21-22H2,1-2H3/t30-/m0/s1. The molecule has 34 heavy (non-hydrogen) atoms. The third kappa shape index (κ3) is 5.74. The zero-order chi connectivity index (χ0) is 23.5. The molecule has 1 saturated heterocycles. The van der Waals surface area contributed by atoms with E-state index < -0.39 is 0 Å². The molecule has 1 aliphatic heterocycles. The number of hydrogen-bond donors (Lipinski definition) is 0. The van der Waals surface area contributed by atoms with E-state index in [1.807, 2.05) is 24.1 Å². The molecule has 3 aliphatic rings. The second-order valence-electron chi connectivity index (χ2n) is 11.2. The van der Waals surface area contributed by atoms with Crippen LogP contribution in [-0.2, 0) is 25.8 Å². The lowest BCUT2D eigenvalue weighted by atomic mass is 9.86. The van der Waals surface area contributed by atoms with Gasteiger partial charge in [0.25, 0.3) is 5.91 Å². The van der Waals surface area contributed by atoms with Gasteiger partial charge in [-0.15, -0.1) is 0 Å². The van der Waals surface area contributed by atoms with Gasteiger partial charge in [-0.3, -0.25) is 9.69 Å².